The van der Waals surface area contributed by atoms with Crippen molar-refractivity contribution in [2.24, 2.45) is 5.92 Å². The molecule has 0 aliphatic rings. The van der Waals surface area contributed by atoms with Gasteiger partial charge in [-0.3, -0.25) is 0 Å². The fourth-order valence-electron chi connectivity index (χ4n) is 1.24. The van der Waals surface area contributed by atoms with Crippen molar-refractivity contribution in [3.63, 3.8) is 0 Å². The number of rotatable bonds is 4. The van der Waals surface area contributed by atoms with Crippen LogP contribution in [0.3, 0.4) is 0 Å². The van der Waals surface area contributed by atoms with Gasteiger partial charge in [-0.05, 0) is 25.3 Å². The Hall–Kier alpha value is -1.16. The van der Waals surface area contributed by atoms with Gasteiger partial charge in [-0.2, -0.15) is 0 Å². The lowest BCUT2D eigenvalue weighted by Crippen LogP contribution is -1.95. The van der Waals surface area contributed by atoms with Gasteiger partial charge in [0.15, 0.2) is 0 Å². The van der Waals surface area contributed by atoms with E-state index in [1.165, 1.54) is 16.2 Å². The maximum absolute atomic E-state index is 10.3. The van der Waals surface area contributed by atoms with E-state index in [-0.39, 0.29) is 0 Å². The van der Waals surface area contributed by atoms with Crippen LogP contribution in [0.5, 0.6) is 0 Å². The lowest BCUT2D eigenvalue weighted by Gasteiger charge is -2.00. The zero-order valence-corrected chi connectivity index (χ0v) is 9.97. The van der Waals surface area contributed by atoms with Gasteiger partial charge < -0.3 is 5.11 Å². The minimum absolute atomic E-state index is 0.571. The number of aromatic nitrogens is 1. The topological polar surface area (TPSA) is 50.2 Å². The third-order valence-electron chi connectivity index (χ3n) is 1.88. The van der Waals surface area contributed by atoms with Crippen molar-refractivity contribution < 1.29 is 9.90 Å². The lowest BCUT2D eigenvalue weighted by atomic mass is 10.1. The Kier molecular flexibility index (Phi) is 4.03. The van der Waals surface area contributed by atoms with Crippen molar-refractivity contribution in [3.05, 3.63) is 21.7 Å². The maximum atomic E-state index is 10.3. The predicted molar refractivity (Wildman–Crippen MR) is 62.1 cm³/mol. The molecule has 0 amide bonds. The number of carboxylic acid groups (broad SMARTS) is 1. The van der Waals surface area contributed by atoms with E-state index in [1.54, 1.807) is 6.08 Å². The highest BCUT2D eigenvalue weighted by Crippen LogP contribution is 2.21. The van der Waals surface area contributed by atoms with Gasteiger partial charge in [-0.1, -0.05) is 13.8 Å². The first-order valence-corrected chi connectivity index (χ1v) is 5.68. The van der Waals surface area contributed by atoms with Crippen LogP contribution < -0.4 is 0 Å². The van der Waals surface area contributed by atoms with Gasteiger partial charge >= 0.3 is 5.97 Å². The SMILES string of the molecule is Cc1sc(/C=C/C(=O)O)nc1CC(C)C. The third kappa shape index (κ3) is 3.83. The third-order valence-corrected chi connectivity index (χ3v) is 2.86. The van der Waals surface area contributed by atoms with Gasteiger partial charge in [-0.15, -0.1) is 11.3 Å². The molecular formula is C11H15NO2S. The number of nitrogens with zero attached hydrogens (tertiary/aromatic N) is 1. The highest BCUT2D eigenvalue weighted by Gasteiger charge is 2.07. The summed E-state index contributed by atoms with van der Waals surface area (Å²) in [4.78, 5) is 15.9. The summed E-state index contributed by atoms with van der Waals surface area (Å²) >= 11 is 1.54. The predicted octanol–water partition coefficient (Wildman–Crippen LogP) is 2.75. The van der Waals surface area contributed by atoms with E-state index >= 15 is 0 Å². The highest BCUT2D eigenvalue weighted by atomic mass is 32.1. The second-order valence-electron chi connectivity index (χ2n) is 3.82. The first-order valence-electron chi connectivity index (χ1n) is 4.86. The summed E-state index contributed by atoms with van der Waals surface area (Å²) in [5.74, 6) is -0.365. The van der Waals surface area contributed by atoms with E-state index in [9.17, 15) is 4.79 Å². The molecule has 0 unspecified atom stereocenters. The fourth-order valence-corrected chi connectivity index (χ4v) is 2.09. The van der Waals surface area contributed by atoms with Gasteiger partial charge in [0.25, 0.3) is 0 Å². The second kappa shape index (κ2) is 5.07. The molecule has 1 heterocycles. The van der Waals surface area contributed by atoms with Crippen molar-refractivity contribution >= 4 is 23.4 Å². The number of carboxylic acids is 1. The van der Waals surface area contributed by atoms with Crippen LogP contribution in [0.1, 0.15) is 29.4 Å². The van der Waals surface area contributed by atoms with Gasteiger partial charge in [0.05, 0.1) is 5.69 Å². The molecule has 0 saturated carbocycles. The molecule has 0 aromatic carbocycles. The van der Waals surface area contributed by atoms with E-state index in [4.69, 9.17) is 5.11 Å². The molecule has 0 radical (unpaired) electrons. The first-order chi connectivity index (χ1) is 6.99. The quantitative estimate of drug-likeness (QED) is 0.801. The number of hydrogen-bond donors (Lipinski definition) is 1. The highest BCUT2D eigenvalue weighted by molar-refractivity contribution is 7.12. The van der Waals surface area contributed by atoms with Crippen LogP contribution in [-0.4, -0.2) is 16.1 Å². The first kappa shape index (κ1) is 11.9. The summed E-state index contributed by atoms with van der Waals surface area (Å²) in [5, 5.41) is 9.26. The summed E-state index contributed by atoms with van der Waals surface area (Å²) < 4.78 is 0. The van der Waals surface area contributed by atoms with Crippen molar-refractivity contribution in [3.8, 4) is 0 Å². The molecule has 0 spiro atoms. The van der Waals surface area contributed by atoms with E-state index in [1.807, 2.05) is 6.92 Å². The molecule has 0 atom stereocenters. The van der Waals surface area contributed by atoms with Crippen LogP contribution >= 0.6 is 11.3 Å². The summed E-state index contributed by atoms with van der Waals surface area (Å²) in [5.41, 5.74) is 1.08. The van der Waals surface area contributed by atoms with E-state index in [0.717, 1.165) is 23.2 Å². The Bertz CT molecular complexity index is 380. The van der Waals surface area contributed by atoms with E-state index in [2.05, 4.69) is 18.8 Å². The largest absolute Gasteiger partial charge is 0.478 e. The molecule has 4 heteroatoms. The molecule has 0 aliphatic heterocycles. The molecule has 1 aromatic heterocycles. The molecule has 0 bridgehead atoms. The van der Waals surface area contributed by atoms with Crippen LogP contribution in [0, 0.1) is 12.8 Å². The smallest absolute Gasteiger partial charge is 0.328 e. The van der Waals surface area contributed by atoms with Gasteiger partial charge in [-0.25, -0.2) is 9.78 Å². The van der Waals surface area contributed by atoms with Crippen LogP contribution in [0.15, 0.2) is 6.08 Å². The van der Waals surface area contributed by atoms with Crippen LogP contribution in [-0.2, 0) is 11.2 Å². The molecule has 1 N–H and O–H groups in total. The standard InChI is InChI=1S/C11H15NO2S/c1-7(2)6-9-8(3)15-10(12-9)4-5-11(13)14/h4-5,7H,6H2,1-3H3,(H,13,14)/b5-4+. The van der Waals surface area contributed by atoms with E-state index in [0.29, 0.717) is 5.92 Å². The molecule has 1 rings (SSSR count). The summed E-state index contributed by atoms with van der Waals surface area (Å²) in [6, 6.07) is 0. The monoisotopic (exact) mass is 225 g/mol. The molecule has 3 nitrogen and oxygen atoms in total. The number of carbonyl (C=O) groups is 1. The van der Waals surface area contributed by atoms with Gasteiger partial charge in [0, 0.05) is 11.0 Å². The maximum Gasteiger partial charge on any atom is 0.328 e. The van der Waals surface area contributed by atoms with Crippen LogP contribution in [0.25, 0.3) is 6.08 Å². The minimum atomic E-state index is -0.937. The Morgan fingerprint density at radius 2 is 2.27 bits per heavy atom. The van der Waals surface area contributed by atoms with Gasteiger partial charge in [0.1, 0.15) is 5.01 Å². The van der Waals surface area contributed by atoms with Crippen molar-refractivity contribution in [1.29, 1.82) is 0 Å². The Morgan fingerprint density at radius 3 is 2.80 bits per heavy atom. The molecule has 82 valence electrons. The van der Waals surface area contributed by atoms with Gasteiger partial charge in [0.2, 0.25) is 0 Å². The fraction of sp³-hybridized carbons (Fsp3) is 0.455. The van der Waals surface area contributed by atoms with Crippen LogP contribution in [0.2, 0.25) is 0 Å². The zero-order valence-electron chi connectivity index (χ0n) is 9.15. The number of thiazole rings is 1. The Labute approximate surface area is 93.5 Å². The Morgan fingerprint density at radius 1 is 1.60 bits per heavy atom. The van der Waals surface area contributed by atoms with Crippen molar-refractivity contribution in [2.45, 2.75) is 27.2 Å². The zero-order chi connectivity index (χ0) is 11.4. The van der Waals surface area contributed by atoms with Crippen molar-refractivity contribution in [1.82, 2.24) is 4.98 Å². The molecular weight excluding hydrogens is 210 g/mol. The van der Waals surface area contributed by atoms with Crippen LogP contribution in [0.4, 0.5) is 0 Å². The average Bonchev–Trinajstić information content (AvgIpc) is 2.43. The lowest BCUT2D eigenvalue weighted by molar-refractivity contribution is -0.131. The number of aryl methyl sites for hydroxylation is 1. The molecule has 1 aromatic rings. The number of aliphatic carboxylic acids is 1. The minimum Gasteiger partial charge on any atom is -0.478 e. The normalized spacial score (nSPS) is 11.5. The molecule has 15 heavy (non-hydrogen) atoms. The second-order valence-corrected chi connectivity index (χ2v) is 5.06. The average molecular weight is 225 g/mol. The van der Waals surface area contributed by atoms with Crippen molar-refractivity contribution in [2.75, 3.05) is 0 Å². The summed E-state index contributed by atoms with van der Waals surface area (Å²) in [6.07, 6.45) is 3.62. The summed E-state index contributed by atoms with van der Waals surface area (Å²) in [6.45, 7) is 6.31. The molecule has 0 aliphatic carbocycles. The molecule has 0 fully saturated rings. The molecule has 0 saturated heterocycles. The summed E-state index contributed by atoms with van der Waals surface area (Å²) in [7, 11) is 0. The Balaban J connectivity index is 2.81. The number of hydrogen-bond acceptors (Lipinski definition) is 3. The van der Waals surface area contributed by atoms with E-state index < -0.39 is 5.97 Å².